The quantitative estimate of drug-likeness (QED) is 0.563. The Morgan fingerprint density at radius 1 is 1.04 bits per heavy atom. The molecule has 1 spiro atoms. The number of carbonyl (C=O) groups excluding carboxylic acids is 3. The maximum absolute atomic E-state index is 12.4. The number of hydrogen-bond acceptors (Lipinski definition) is 8. The van der Waals surface area contributed by atoms with Gasteiger partial charge >= 0.3 is 17.9 Å². The molecule has 2 aliphatic rings. The minimum absolute atomic E-state index is 0.404. The van der Waals surface area contributed by atoms with Gasteiger partial charge in [0.05, 0.1) is 5.56 Å². The molecule has 0 bridgehead atoms. The van der Waals surface area contributed by atoms with Crippen LogP contribution in [-0.4, -0.2) is 55.2 Å². The molecule has 146 valence electrons. The van der Waals surface area contributed by atoms with E-state index in [0.29, 0.717) is 18.4 Å². The van der Waals surface area contributed by atoms with Crippen LogP contribution in [0.4, 0.5) is 0 Å². The summed E-state index contributed by atoms with van der Waals surface area (Å²) in [6.07, 6.45) is -2.49. The van der Waals surface area contributed by atoms with Crippen LogP contribution in [0.2, 0.25) is 0 Å². The van der Waals surface area contributed by atoms with Crippen molar-refractivity contribution < 1.29 is 38.1 Å². The van der Waals surface area contributed by atoms with Gasteiger partial charge in [-0.25, -0.2) is 4.79 Å². The maximum Gasteiger partial charge on any atom is 0.338 e. The third-order valence-electron chi connectivity index (χ3n) is 4.81. The van der Waals surface area contributed by atoms with Crippen LogP contribution in [0.1, 0.15) is 37.0 Å². The van der Waals surface area contributed by atoms with Crippen molar-refractivity contribution in [2.24, 2.45) is 0 Å². The second kappa shape index (κ2) is 7.66. The summed E-state index contributed by atoms with van der Waals surface area (Å²) >= 11 is 0. The summed E-state index contributed by atoms with van der Waals surface area (Å²) in [4.78, 5) is 35.6. The van der Waals surface area contributed by atoms with Gasteiger partial charge in [0.1, 0.15) is 11.7 Å². The van der Waals surface area contributed by atoms with E-state index in [0.717, 1.165) is 0 Å². The minimum atomic E-state index is -1.11. The SMILES string of the molecule is CO[C@@H]1O[C@@]2(CC[C@@H]2OC(=O)c2ccccc2)C(OC(C)=O)[C@@H]1OC(C)=O. The van der Waals surface area contributed by atoms with Crippen molar-refractivity contribution in [1.82, 2.24) is 0 Å². The fraction of sp³-hybridized carbons (Fsp3) is 0.526. The van der Waals surface area contributed by atoms with Gasteiger partial charge in [0.15, 0.2) is 18.5 Å². The summed E-state index contributed by atoms with van der Waals surface area (Å²) in [7, 11) is 1.40. The van der Waals surface area contributed by atoms with Crippen LogP contribution >= 0.6 is 0 Å². The standard InChI is InChI=1S/C19H22O8/c1-11(20)24-15-16(25-12(2)21)19(27-18(15)23-3)10-9-14(19)26-17(22)13-7-5-4-6-8-13/h4-8,14-16,18H,9-10H2,1-3H3/t14-,15-,16?,18+,19+/m0/s1. The Kier molecular flexibility index (Phi) is 5.48. The fourth-order valence-corrected chi connectivity index (χ4v) is 3.55. The molecule has 1 saturated carbocycles. The highest BCUT2D eigenvalue weighted by atomic mass is 16.7. The molecule has 1 aliphatic heterocycles. The molecule has 1 unspecified atom stereocenters. The van der Waals surface area contributed by atoms with E-state index in [1.54, 1.807) is 30.3 Å². The van der Waals surface area contributed by atoms with Gasteiger partial charge < -0.3 is 23.7 Å². The van der Waals surface area contributed by atoms with E-state index in [4.69, 9.17) is 23.7 Å². The van der Waals surface area contributed by atoms with Crippen molar-refractivity contribution in [3.63, 3.8) is 0 Å². The first-order valence-electron chi connectivity index (χ1n) is 8.68. The Morgan fingerprint density at radius 2 is 1.70 bits per heavy atom. The Balaban J connectivity index is 1.83. The number of hydrogen-bond donors (Lipinski definition) is 0. The number of rotatable bonds is 5. The van der Waals surface area contributed by atoms with E-state index < -0.39 is 48.1 Å². The van der Waals surface area contributed by atoms with Crippen molar-refractivity contribution in [3.05, 3.63) is 35.9 Å². The first-order chi connectivity index (χ1) is 12.9. The maximum atomic E-state index is 12.4. The highest BCUT2D eigenvalue weighted by molar-refractivity contribution is 5.89. The molecule has 0 aromatic heterocycles. The topological polar surface area (TPSA) is 97.4 Å². The molecular formula is C19H22O8. The van der Waals surface area contributed by atoms with E-state index in [1.807, 2.05) is 0 Å². The Labute approximate surface area is 156 Å². The minimum Gasteiger partial charge on any atom is -0.456 e. The monoisotopic (exact) mass is 378 g/mol. The summed E-state index contributed by atoms with van der Waals surface area (Å²) in [5, 5.41) is 0. The molecule has 5 atom stereocenters. The van der Waals surface area contributed by atoms with Gasteiger partial charge in [-0.3, -0.25) is 9.59 Å². The number of benzene rings is 1. The summed E-state index contributed by atoms with van der Waals surface area (Å²) in [5.41, 5.74) is -0.710. The molecule has 0 radical (unpaired) electrons. The van der Waals surface area contributed by atoms with Crippen molar-refractivity contribution >= 4 is 17.9 Å². The van der Waals surface area contributed by atoms with Gasteiger partial charge in [-0.2, -0.15) is 0 Å². The van der Waals surface area contributed by atoms with Crippen LogP contribution in [0.3, 0.4) is 0 Å². The molecular weight excluding hydrogens is 356 g/mol. The average molecular weight is 378 g/mol. The molecule has 1 aliphatic carbocycles. The second-order valence-corrected chi connectivity index (χ2v) is 6.58. The largest absolute Gasteiger partial charge is 0.456 e. The van der Waals surface area contributed by atoms with Crippen LogP contribution in [-0.2, 0) is 33.3 Å². The van der Waals surface area contributed by atoms with Crippen molar-refractivity contribution in [2.45, 2.75) is 56.9 Å². The number of ether oxygens (including phenoxy) is 5. The number of carbonyl (C=O) groups is 3. The fourth-order valence-electron chi connectivity index (χ4n) is 3.55. The second-order valence-electron chi connectivity index (χ2n) is 6.58. The third kappa shape index (κ3) is 3.68. The lowest BCUT2D eigenvalue weighted by Crippen LogP contribution is -2.62. The molecule has 1 aromatic rings. The molecule has 1 saturated heterocycles. The molecule has 2 fully saturated rings. The first-order valence-corrected chi connectivity index (χ1v) is 8.68. The lowest BCUT2D eigenvalue weighted by atomic mass is 9.72. The zero-order valence-electron chi connectivity index (χ0n) is 15.4. The highest BCUT2D eigenvalue weighted by Crippen LogP contribution is 2.50. The predicted molar refractivity (Wildman–Crippen MR) is 90.6 cm³/mol. The van der Waals surface area contributed by atoms with Crippen molar-refractivity contribution in [3.8, 4) is 0 Å². The Hall–Kier alpha value is -2.45. The van der Waals surface area contributed by atoms with Crippen LogP contribution in [0.15, 0.2) is 30.3 Å². The Bertz CT molecular complexity index is 718. The molecule has 1 aromatic carbocycles. The highest BCUT2D eigenvalue weighted by Gasteiger charge is 2.68. The average Bonchev–Trinajstić information content (AvgIpc) is 2.94. The summed E-state index contributed by atoms with van der Waals surface area (Å²) in [6, 6.07) is 8.56. The molecule has 27 heavy (non-hydrogen) atoms. The van der Waals surface area contributed by atoms with Crippen LogP contribution < -0.4 is 0 Å². The lowest BCUT2D eigenvalue weighted by Gasteiger charge is -2.47. The van der Waals surface area contributed by atoms with Gasteiger partial charge in [-0.05, 0) is 25.0 Å². The molecule has 1 heterocycles. The molecule has 3 rings (SSSR count). The van der Waals surface area contributed by atoms with Crippen molar-refractivity contribution in [1.29, 1.82) is 0 Å². The first kappa shape index (κ1) is 19.3. The molecule has 0 amide bonds. The van der Waals surface area contributed by atoms with E-state index in [2.05, 4.69) is 0 Å². The lowest BCUT2D eigenvalue weighted by molar-refractivity contribution is -0.245. The molecule has 8 nitrogen and oxygen atoms in total. The number of esters is 3. The van der Waals surface area contributed by atoms with Crippen LogP contribution in [0.25, 0.3) is 0 Å². The van der Waals surface area contributed by atoms with E-state index in [9.17, 15) is 14.4 Å². The van der Waals surface area contributed by atoms with Crippen LogP contribution in [0, 0.1) is 0 Å². The van der Waals surface area contributed by atoms with E-state index in [-0.39, 0.29) is 0 Å². The predicted octanol–water partition coefficient (Wildman–Crippen LogP) is 1.61. The summed E-state index contributed by atoms with van der Waals surface area (Å²) in [5.74, 6) is -1.62. The summed E-state index contributed by atoms with van der Waals surface area (Å²) in [6.45, 7) is 2.50. The number of methoxy groups -OCH3 is 1. The van der Waals surface area contributed by atoms with Gasteiger partial charge in [-0.1, -0.05) is 18.2 Å². The van der Waals surface area contributed by atoms with Gasteiger partial charge in [0, 0.05) is 21.0 Å². The van der Waals surface area contributed by atoms with Gasteiger partial charge in [-0.15, -0.1) is 0 Å². The zero-order valence-corrected chi connectivity index (χ0v) is 15.4. The molecule has 8 heteroatoms. The van der Waals surface area contributed by atoms with E-state index >= 15 is 0 Å². The third-order valence-corrected chi connectivity index (χ3v) is 4.81. The van der Waals surface area contributed by atoms with Crippen molar-refractivity contribution in [2.75, 3.05) is 7.11 Å². The molecule has 0 N–H and O–H groups in total. The van der Waals surface area contributed by atoms with Crippen LogP contribution in [0.5, 0.6) is 0 Å². The van der Waals surface area contributed by atoms with E-state index in [1.165, 1.54) is 21.0 Å². The van der Waals surface area contributed by atoms with Gasteiger partial charge in [0.2, 0.25) is 0 Å². The van der Waals surface area contributed by atoms with Gasteiger partial charge in [0.25, 0.3) is 0 Å². The smallest absolute Gasteiger partial charge is 0.338 e. The Morgan fingerprint density at radius 3 is 2.22 bits per heavy atom. The summed E-state index contributed by atoms with van der Waals surface area (Å²) < 4.78 is 27.6. The normalized spacial score (nSPS) is 31.8. The zero-order chi connectivity index (χ0) is 19.6.